The van der Waals surface area contributed by atoms with Gasteiger partial charge in [-0.2, -0.15) is 23.3 Å². The van der Waals surface area contributed by atoms with Gasteiger partial charge in [0, 0.05) is 17.8 Å². The van der Waals surface area contributed by atoms with E-state index in [1.165, 1.54) is 12.4 Å². The second-order valence-corrected chi connectivity index (χ2v) is 6.65. The van der Waals surface area contributed by atoms with Gasteiger partial charge in [-0.3, -0.25) is 4.79 Å². The van der Waals surface area contributed by atoms with E-state index in [0.717, 1.165) is 29.1 Å². The number of halogens is 3. The third-order valence-corrected chi connectivity index (χ3v) is 4.68. The molecule has 0 aliphatic carbocycles. The Morgan fingerprint density at radius 2 is 2.04 bits per heavy atom. The maximum atomic E-state index is 12.9. The van der Waals surface area contributed by atoms with E-state index >= 15 is 0 Å². The molecule has 1 N–H and O–H groups in total. The van der Waals surface area contributed by atoms with Gasteiger partial charge in [0.2, 0.25) is 5.91 Å². The molecule has 0 saturated carbocycles. The van der Waals surface area contributed by atoms with Crippen molar-refractivity contribution in [3.05, 3.63) is 58.7 Å². The zero-order chi connectivity index (χ0) is 20.5. The van der Waals surface area contributed by atoms with Gasteiger partial charge in [-0.15, -0.1) is 0 Å². The van der Waals surface area contributed by atoms with Crippen molar-refractivity contribution in [2.45, 2.75) is 45.8 Å². The van der Waals surface area contributed by atoms with Crippen LogP contribution in [0.4, 0.5) is 13.2 Å². The number of amides is 1. The first-order valence-electron chi connectivity index (χ1n) is 8.79. The Bertz CT molecular complexity index is 1010. The van der Waals surface area contributed by atoms with Crippen LogP contribution in [0.3, 0.4) is 0 Å². The van der Waals surface area contributed by atoms with Crippen molar-refractivity contribution in [3.63, 3.8) is 0 Å². The predicted octanol–water partition coefficient (Wildman–Crippen LogP) is 3.57. The highest BCUT2D eigenvalue weighted by molar-refractivity contribution is 5.76. The maximum Gasteiger partial charge on any atom is 0.416 e. The van der Waals surface area contributed by atoms with E-state index in [0.29, 0.717) is 17.8 Å². The molecule has 148 valence electrons. The van der Waals surface area contributed by atoms with Crippen LogP contribution in [0.15, 0.2) is 30.6 Å². The number of benzene rings is 1. The molecule has 2 aromatic heterocycles. The Kier molecular flexibility index (Phi) is 5.35. The summed E-state index contributed by atoms with van der Waals surface area (Å²) in [5, 5.41) is 6.87. The van der Waals surface area contributed by atoms with Crippen LogP contribution in [-0.4, -0.2) is 25.5 Å². The van der Waals surface area contributed by atoms with Gasteiger partial charge in [0.1, 0.15) is 6.33 Å². The molecule has 6 nitrogen and oxygen atoms in total. The van der Waals surface area contributed by atoms with E-state index in [9.17, 15) is 18.0 Å². The largest absolute Gasteiger partial charge is 0.416 e. The van der Waals surface area contributed by atoms with Crippen LogP contribution in [0.25, 0.3) is 5.78 Å². The summed E-state index contributed by atoms with van der Waals surface area (Å²) in [6.07, 6.45) is -2.36. The Morgan fingerprint density at radius 1 is 1.29 bits per heavy atom. The fraction of sp³-hybridized carbons (Fsp3) is 0.368. The van der Waals surface area contributed by atoms with Crippen molar-refractivity contribution in [2.24, 2.45) is 0 Å². The predicted molar refractivity (Wildman–Crippen MR) is 96.6 cm³/mol. The summed E-state index contributed by atoms with van der Waals surface area (Å²) in [5.74, 6) is 0.253. The molecule has 0 bridgehead atoms. The molecule has 0 aliphatic heterocycles. The molecule has 0 fully saturated rings. The van der Waals surface area contributed by atoms with Gasteiger partial charge in [0.05, 0.1) is 11.6 Å². The summed E-state index contributed by atoms with van der Waals surface area (Å²) in [7, 11) is 0. The number of nitrogens with zero attached hydrogens (tertiary/aromatic N) is 4. The van der Waals surface area contributed by atoms with Gasteiger partial charge in [-0.25, -0.2) is 9.50 Å². The molecule has 28 heavy (non-hydrogen) atoms. The maximum absolute atomic E-state index is 12.9. The molecule has 0 radical (unpaired) electrons. The molecule has 3 rings (SSSR count). The third-order valence-electron chi connectivity index (χ3n) is 4.68. The fourth-order valence-corrected chi connectivity index (χ4v) is 3.14. The normalized spacial score (nSPS) is 12.9. The lowest BCUT2D eigenvalue weighted by molar-refractivity contribution is -0.137. The van der Waals surface area contributed by atoms with Crippen LogP contribution < -0.4 is 5.32 Å². The van der Waals surface area contributed by atoms with Crippen molar-refractivity contribution < 1.29 is 18.0 Å². The highest BCUT2D eigenvalue weighted by Gasteiger charge is 2.30. The molecule has 1 aromatic carbocycles. The highest BCUT2D eigenvalue weighted by atomic mass is 19.4. The molecule has 0 spiro atoms. The minimum atomic E-state index is -4.41. The first-order valence-corrected chi connectivity index (χ1v) is 8.79. The molecule has 0 saturated heterocycles. The fourth-order valence-electron chi connectivity index (χ4n) is 3.14. The zero-order valence-corrected chi connectivity index (χ0v) is 15.7. The summed E-state index contributed by atoms with van der Waals surface area (Å²) in [6, 6.07) is 4.44. The zero-order valence-electron chi connectivity index (χ0n) is 15.7. The number of nitrogens with one attached hydrogen (secondary N) is 1. The lowest BCUT2D eigenvalue weighted by Crippen LogP contribution is -2.27. The number of hydrogen-bond acceptors (Lipinski definition) is 4. The lowest BCUT2D eigenvalue weighted by Gasteiger charge is -2.17. The summed E-state index contributed by atoms with van der Waals surface area (Å²) < 4.78 is 40.2. The van der Waals surface area contributed by atoms with Crippen LogP contribution in [0, 0.1) is 13.8 Å². The number of rotatable bonds is 5. The summed E-state index contributed by atoms with van der Waals surface area (Å²) in [6.45, 7) is 5.39. The van der Waals surface area contributed by atoms with Gasteiger partial charge >= 0.3 is 6.18 Å². The minimum Gasteiger partial charge on any atom is -0.350 e. The van der Waals surface area contributed by atoms with E-state index in [2.05, 4.69) is 20.4 Å². The van der Waals surface area contributed by atoms with E-state index in [1.54, 1.807) is 17.5 Å². The van der Waals surface area contributed by atoms with Gasteiger partial charge in [0.25, 0.3) is 5.78 Å². The monoisotopic (exact) mass is 391 g/mol. The third kappa shape index (κ3) is 4.13. The van der Waals surface area contributed by atoms with Crippen molar-refractivity contribution in [2.75, 3.05) is 0 Å². The Hall–Kier alpha value is -2.97. The molecular weight excluding hydrogens is 371 g/mol. The van der Waals surface area contributed by atoms with Crippen LogP contribution >= 0.6 is 0 Å². The summed E-state index contributed by atoms with van der Waals surface area (Å²) in [5.41, 5.74) is 2.21. The van der Waals surface area contributed by atoms with Gasteiger partial charge in [-0.1, -0.05) is 12.1 Å². The molecule has 1 atom stereocenters. The summed E-state index contributed by atoms with van der Waals surface area (Å²) >= 11 is 0. The molecule has 1 unspecified atom stereocenters. The van der Waals surface area contributed by atoms with Crippen molar-refractivity contribution in [3.8, 4) is 0 Å². The second-order valence-electron chi connectivity index (χ2n) is 6.65. The Morgan fingerprint density at radius 3 is 2.75 bits per heavy atom. The van der Waals surface area contributed by atoms with Crippen molar-refractivity contribution in [1.82, 2.24) is 24.9 Å². The van der Waals surface area contributed by atoms with E-state index in [4.69, 9.17) is 0 Å². The van der Waals surface area contributed by atoms with Crippen molar-refractivity contribution >= 4 is 11.7 Å². The number of aromatic nitrogens is 4. The smallest absolute Gasteiger partial charge is 0.350 e. The van der Waals surface area contributed by atoms with Crippen molar-refractivity contribution in [1.29, 1.82) is 0 Å². The number of aryl methyl sites for hydroxylation is 2. The SMILES string of the molecule is Cc1nc2ncnn2c(C)c1CCC(=O)NC(C)c1cccc(C(F)(F)F)c1. The Balaban J connectivity index is 1.66. The molecule has 2 heterocycles. The highest BCUT2D eigenvalue weighted by Crippen LogP contribution is 2.30. The number of alkyl halides is 3. The van der Waals surface area contributed by atoms with Crippen LogP contribution in [0.1, 0.15) is 47.5 Å². The van der Waals surface area contributed by atoms with Gasteiger partial charge < -0.3 is 5.32 Å². The molecule has 0 aliphatic rings. The van der Waals surface area contributed by atoms with Gasteiger partial charge in [0.15, 0.2) is 0 Å². The van der Waals surface area contributed by atoms with E-state index in [1.807, 2.05) is 13.8 Å². The van der Waals surface area contributed by atoms with Gasteiger partial charge in [-0.05, 0) is 50.5 Å². The molecule has 9 heteroatoms. The first-order chi connectivity index (χ1) is 13.2. The van der Waals surface area contributed by atoms with E-state index in [-0.39, 0.29) is 12.3 Å². The number of fused-ring (bicyclic) bond motifs is 1. The number of hydrogen-bond donors (Lipinski definition) is 1. The number of carbonyl (C=O) groups is 1. The topological polar surface area (TPSA) is 72.2 Å². The quantitative estimate of drug-likeness (QED) is 0.722. The Labute approximate surface area is 159 Å². The standard InChI is InChI=1S/C19H20F3N5O/c1-11(14-5-4-6-15(9-14)19(20,21)22)25-17(28)8-7-16-12(2)26-18-23-10-24-27(18)13(16)3/h4-6,9-11H,7-8H2,1-3H3,(H,25,28). The minimum absolute atomic E-state index is 0.187. The molecule has 3 aromatic rings. The average molecular weight is 391 g/mol. The summed E-state index contributed by atoms with van der Waals surface area (Å²) in [4.78, 5) is 20.8. The second kappa shape index (κ2) is 7.57. The lowest BCUT2D eigenvalue weighted by atomic mass is 10.0. The molecule has 1 amide bonds. The van der Waals surface area contributed by atoms with Crippen LogP contribution in [0.5, 0.6) is 0 Å². The molecular formula is C19H20F3N5O. The first kappa shape index (κ1) is 19.8. The number of carbonyl (C=O) groups excluding carboxylic acids is 1. The average Bonchev–Trinajstić information content (AvgIpc) is 3.09. The van der Waals surface area contributed by atoms with E-state index < -0.39 is 17.8 Å². The van der Waals surface area contributed by atoms with Crippen LogP contribution in [0.2, 0.25) is 0 Å². The van der Waals surface area contributed by atoms with Crippen LogP contribution in [-0.2, 0) is 17.4 Å².